The van der Waals surface area contributed by atoms with E-state index in [4.69, 9.17) is 11.6 Å². The highest BCUT2D eigenvalue weighted by molar-refractivity contribution is 6.36. The van der Waals surface area contributed by atoms with Crippen LogP contribution in [0.15, 0.2) is 36.4 Å². The van der Waals surface area contributed by atoms with Crippen LogP contribution in [-0.2, 0) is 0 Å². The van der Waals surface area contributed by atoms with Crippen molar-refractivity contribution in [2.45, 2.75) is 13.3 Å². The zero-order chi connectivity index (χ0) is 19.7. The van der Waals surface area contributed by atoms with Crippen LogP contribution >= 0.6 is 11.6 Å². The second-order valence-corrected chi connectivity index (χ2v) is 7.61. The van der Waals surface area contributed by atoms with E-state index in [0.717, 1.165) is 39.1 Å². The summed E-state index contributed by atoms with van der Waals surface area (Å²) in [7, 11) is 0. The summed E-state index contributed by atoms with van der Waals surface area (Å²) in [6, 6.07) is 12.1. The van der Waals surface area contributed by atoms with Crippen molar-refractivity contribution in [3.05, 3.63) is 58.4 Å². The number of halogens is 1. The van der Waals surface area contributed by atoms with Crippen LogP contribution in [0.3, 0.4) is 0 Å². The Bertz CT molecular complexity index is 895. The van der Waals surface area contributed by atoms with Crippen LogP contribution in [0.2, 0.25) is 5.15 Å². The number of aromatic nitrogens is 1. The van der Waals surface area contributed by atoms with Gasteiger partial charge in [0, 0.05) is 44.1 Å². The first kappa shape index (κ1) is 18.9. The van der Waals surface area contributed by atoms with Gasteiger partial charge in [0.15, 0.2) is 0 Å². The summed E-state index contributed by atoms with van der Waals surface area (Å²) >= 11 is 6.10. The molecule has 2 aliphatic heterocycles. The lowest BCUT2D eigenvalue weighted by Gasteiger charge is -2.36. The number of anilines is 1. The minimum Gasteiger partial charge on any atom is -0.369 e. The number of benzene rings is 1. The van der Waals surface area contributed by atoms with E-state index in [-0.39, 0.29) is 22.5 Å². The van der Waals surface area contributed by atoms with Crippen LogP contribution in [0.5, 0.6) is 0 Å². The Kier molecular flexibility index (Phi) is 5.33. The number of hydrogen-bond donors (Lipinski definition) is 0. The number of carbonyl (C=O) groups excluding carboxylic acids is 2. The first-order chi connectivity index (χ1) is 13.5. The van der Waals surface area contributed by atoms with Gasteiger partial charge < -0.3 is 4.90 Å². The molecule has 2 amide bonds. The van der Waals surface area contributed by atoms with E-state index >= 15 is 0 Å². The summed E-state index contributed by atoms with van der Waals surface area (Å²) in [5.74, 6) is -0.590. The number of rotatable bonds is 5. The smallest absolute Gasteiger partial charge is 0.264 e. The lowest BCUT2D eigenvalue weighted by molar-refractivity contribution is 0.0647. The van der Waals surface area contributed by atoms with Crippen LogP contribution in [-0.4, -0.2) is 65.9 Å². The van der Waals surface area contributed by atoms with Gasteiger partial charge in [0.25, 0.3) is 11.8 Å². The Morgan fingerprint density at radius 2 is 1.71 bits per heavy atom. The highest BCUT2D eigenvalue weighted by Crippen LogP contribution is 2.28. The number of para-hydroxylation sites is 1. The van der Waals surface area contributed by atoms with Gasteiger partial charge in [-0.3, -0.25) is 19.4 Å². The Morgan fingerprint density at radius 1 is 1.00 bits per heavy atom. The molecule has 0 bridgehead atoms. The molecule has 1 aromatic heterocycles. The molecule has 0 saturated carbocycles. The van der Waals surface area contributed by atoms with E-state index in [0.29, 0.717) is 17.8 Å². The molecule has 1 saturated heterocycles. The summed E-state index contributed by atoms with van der Waals surface area (Å²) in [6.45, 7) is 6.95. The molecule has 0 unspecified atom stereocenters. The van der Waals surface area contributed by atoms with E-state index in [1.54, 1.807) is 13.0 Å². The standard InChI is InChI=1S/C21H23ClN4O2/c1-15-14-17-18(19(22)23-15)21(28)26(20(17)27)9-5-8-24-10-12-25(13-11-24)16-6-3-2-4-7-16/h2-4,6-7,14H,5,8-13H2,1H3. The summed E-state index contributed by atoms with van der Waals surface area (Å²) in [6.07, 6.45) is 0.751. The Hall–Kier alpha value is -2.44. The van der Waals surface area contributed by atoms with E-state index in [9.17, 15) is 9.59 Å². The molecule has 1 aromatic carbocycles. The Balaban J connectivity index is 1.29. The number of amides is 2. The molecule has 0 atom stereocenters. The molecule has 146 valence electrons. The number of pyridine rings is 1. The predicted octanol–water partition coefficient (Wildman–Crippen LogP) is 2.85. The largest absolute Gasteiger partial charge is 0.369 e. The van der Waals surface area contributed by atoms with E-state index in [1.165, 1.54) is 10.6 Å². The highest BCUT2D eigenvalue weighted by atomic mass is 35.5. The fraction of sp³-hybridized carbons (Fsp3) is 0.381. The predicted molar refractivity (Wildman–Crippen MR) is 109 cm³/mol. The molecular formula is C21H23ClN4O2. The maximum atomic E-state index is 12.6. The third-order valence-corrected chi connectivity index (χ3v) is 5.66. The zero-order valence-corrected chi connectivity index (χ0v) is 16.7. The van der Waals surface area contributed by atoms with Crippen molar-refractivity contribution < 1.29 is 9.59 Å². The van der Waals surface area contributed by atoms with Crippen LogP contribution in [0.1, 0.15) is 32.8 Å². The van der Waals surface area contributed by atoms with Gasteiger partial charge in [-0.2, -0.15) is 0 Å². The molecule has 0 aliphatic carbocycles. The van der Waals surface area contributed by atoms with Crippen molar-refractivity contribution in [1.82, 2.24) is 14.8 Å². The highest BCUT2D eigenvalue weighted by Gasteiger charge is 2.37. The first-order valence-electron chi connectivity index (χ1n) is 9.60. The minimum absolute atomic E-state index is 0.118. The molecule has 0 spiro atoms. The van der Waals surface area contributed by atoms with Crippen molar-refractivity contribution >= 4 is 29.1 Å². The van der Waals surface area contributed by atoms with Crippen molar-refractivity contribution in [3.63, 3.8) is 0 Å². The molecular weight excluding hydrogens is 376 g/mol. The van der Waals surface area contributed by atoms with Crippen LogP contribution in [0.4, 0.5) is 5.69 Å². The summed E-state index contributed by atoms with van der Waals surface area (Å²) in [5.41, 5.74) is 2.52. The average Bonchev–Trinajstić information content (AvgIpc) is 2.94. The zero-order valence-electron chi connectivity index (χ0n) is 15.9. The van der Waals surface area contributed by atoms with Gasteiger partial charge in [-0.05, 0) is 38.1 Å². The minimum atomic E-state index is -0.327. The van der Waals surface area contributed by atoms with Gasteiger partial charge >= 0.3 is 0 Å². The second-order valence-electron chi connectivity index (χ2n) is 7.26. The average molecular weight is 399 g/mol. The number of carbonyl (C=O) groups is 2. The SMILES string of the molecule is Cc1cc2c(c(Cl)n1)C(=O)N(CCCN1CCN(c3ccccc3)CC1)C2=O. The molecule has 2 aromatic rings. The molecule has 1 fully saturated rings. The van der Waals surface area contributed by atoms with Crippen LogP contribution < -0.4 is 4.90 Å². The number of fused-ring (bicyclic) bond motifs is 1. The van der Waals surface area contributed by atoms with E-state index in [1.807, 2.05) is 6.07 Å². The lowest BCUT2D eigenvalue weighted by atomic mass is 10.1. The van der Waals surface area contributed by atoms with Crippen LogP contribution in [0, 0.1) is 6.92 Å². The molecule has 0 radical (unpaired) electrons. The van der Waals surface area contributed by atoms with Gasteiger partial charge in [0.05, 0.1) is 11.1 Å². The van der Waals surface area contributed by atoms with Gasteiger partial charge in [-0.1, -0.05) is 29.8 Å². The molecule has 7 heteroatoms. The quantitative estimate of drug-likeness (QED) is 0.572. The van der Waals surface area contributed by atoms with Crippen molar-refractivity contribution in [1.29, 1.82) is 0 Å². The molecule has 0 N–H and O–H groups in total. The van der Waals surface area contributed by atoms with Gasteiger partial charge in [-0.25, -0.2) is 4.98 Å². The number of piperazine rings is 1. The third-order valence-electron chi connectivity index (χ3n) is 5.39. The Labute approximate surface area is 169 Å². The van der Waals surface area contributed by atoms with Crippen molar-refractivity contribution in [2.24, 2.45) is 0 Å². The molecule has 4 rings (SSSR count). The fourth-order valence-electron chi connectivity index (χ4n) is 3.90. The van der Waals surface area contributed by atoms with Crippen molar-refractivity contribution in [3.8, 4) is 0 Å². The second kappa shape index (κ2) is 7.89. The number of imide groups is 1. The molecule has 3 heterocycles. The molecule has 28 heavy (non-hydrogen) atoms. The topological polar surface area (TPSA) is 56.8 Å². The molecule has 6 nitrogen and oxygen atoms in total. The van der Waals surface area contributed by atoms with Crippen LogP contribution in [0.25, 0.3) is 0 Å². The lowest BCUT2D eigenvalue weighted by Crippen LogP contribution is -2.47. The summed E-state index contributed by atoms with van der Waals surface area (Å²) in [5, 5.41) is 0.118. The summed E-state index contributed by atoms with van der Waals surface area (Å²) in [4.78, 5) is 35.4. The third kappa shape index (κ3) is 3.62. The van der Waals surface area contributed by atoms with Gasteiger partial charge in [-0.15, -0.1) is 0 Å². The maximum Gasteiger partial charge on any atom is 0.264 e. The molecule has 2 aliphatic rings. The van der Waals surface area contributed by atoms with Gasteiger partial charge in [0.1, 0.15) is 5.15 Å². The van der Waals surface area contributed by atoms with Gasteiger partial charge in [0.2, 0.25) is 0 Å². The Morgan fingerprint density at radius 3 is 2.43 bits per heavy atom. The normalized spacial score (nSPS) is 17.4. The number of nitrogens with zero attached hydrogens (tertiary/aromatic N) is 4. The van der Waals surface area contributed by atoms with E-state index in [2.05, 4.69) is 39.0 Å². The maximum absolute atomic E-state index is 12.6. The number of hydrogen-bond acceptors (Lipinski definition) is 5. The fourth-order valence-corrected chi connectivity index (χ4v) is 4.22. The monoisotopic (exact) mass is 398 g/mol. The summed E-state index contributed by atoms with van der Waals surface area (Å²) < 4.78 is 0. The first-order valence-corrected chi connectivity index (χ1v) is 9.98. The number of aryl methyl sites for hydroxylation is 1. The van der Waals surface area contributed by atoms with Crippen molar-refractivity contribution in [2.75, 3.05) is 44.2 Å². The van der Waals surface area contributed by atoms with E-state index < -0.39 is 0 Å².